The number of aliphatic carboxylic acids is 1. The Morgan fingerprint density at radius 2 is 1.82 bits per heavy atom. The summed E-state index contributed by atoms with van der Waals surface area (Å²) in [5, 5.41) is 8.86. The van der Waals surface area contributed by atoms with Gasteiger partial charge in [0.05, 0.1) is 12.0 Å². The minimum Gasteiger partial charge on any atom is -0.481 e. The second-order valence-corrected chi connectivity index (χ2v) is 4.98. The number of hydrogen-bond acceptors (Lipinski definition) is 3. The lowest BCUT2D eigenvalue weighted by Gasteiger charge is -2.30. The van der Waals surface area contributed by atoms with E-state index >= 15 is 0 Å². The van der Waals surface area contributed by atoms with Gasteiger partial charge >= 0.3 is 5.97 Å². The number of carboxylic acid groups (broad SMARTS) is 1. The van der Waals surface area contributed by atoms with Crippen LogP contribution in [0.3, 0.4) is 0 Å². The summed E-state index contributed by atoms with van der Waals surface area (Å²) in [6.07, 6.45) is 4.49. The molecule has 1 unspecified atom stereocenters. The van der Waals surface area contributed by atoms with Crippen LogP contribution < -0.4 is 0 Å². The molecule has 0 amide bonds. The molecule has 1 aliphatic carbocycles. The van der Waals surface area contributed by atoms with Gasteiger partial charge in [-0.3, -0.25) is 9.69 Å². The van der Waals surface area contributed by atoms with E-state index in [9.17, 15) is 9.18 Å². The predicted molar refractivity (Wildman–Crippen MR) is 60.2 cm³/mol. The van der Waals surface area contributed by atoms with E-state index < -0.39 is 12.5 Å². The zero-order valence-electron chi connectivity index (χ0n) is 9.98. The first-order chi connectivity index (χ1) is 8.16. The first-order valence-electron chi connectivity index (χ1n) is 6.43. The summed E-state index contributed by atoms with van der Waals surface area (Å²) < 4.78 is 19.1. The van der Waals surface area contributed by atoms with Crippen molar-refractivity contribution >= 4 is 5.97 Å². The number of carbonyl (C=O) groups is 1. The van der Waals surface area contributed by atoms with E-state index in [2.05, 4.69) is 0 Å². The van der Waals surface area contributed by atoms with E-state index in [0.717, 1.165) is 25.9 Å². The van der Waals surface area contributed by atoms with E-state index in [1.54, 1.807) is 4.90 Å². The number of halogens is 1. The highest BCUT2D eigenvalue weighted by molar-refractivity contribution is 5.70. The summed E-state index contributed by atoms with van der Waals surface area (Å²) in [7, 11) is 0. The van der Waals surface area contributed by atoms with Crippen LogP contribution in [0.4, 0.5) is 4.39 Å². The molecule has 4 nitrogen and oxygen atoms in total. The Bertz CT molecular complexity index is 260. The van der Waals surface area contributed by atoms with E-state index in [4.69, 9.17) is 9.84 Å². The van der Waals surface area contributed by atoms with Gasteiger partial charge in [-0.25, -0.2) is 0 Å². The molecule has 2 rings (SSSR count). The Morgan fingerprint density at radius 3 is 2.35 bits per heavy atom. The molecule has 0 aromatic carbocycles. The number of hydrogen-bond donors (Lipinski definition) is 1. The maximum atomic E-state index is 13.7. The van der Waals surface area contributed by atoms with Gasteiger partial charge in [0.2, 0.25) is 0 Å². The van der Waals surface area contributed by atoms with E-state index in [0.29, 0.717) is 25.7 Å². The molecule has 1 saturated heterocycles. The maximum absolute atomic E-state index is 13.7. The summed E-state index contributed by atoms with van der Waals surface area (Å²) in [5.41, 5.74) is 0. The lowest BCUT2D eigenvalue weighted by atomic mass is 9.87. The predicted octanol–water partition coefficient (Wildman–Crippen LogP) is 2.00. The second kappa shape index (κ2) is 5.78. The lowest BCUT2D eigenvalue weighted by molar-refractivity contribution is -0.176. The van der Waals surface area contributed by atoms with Crippen molar-refractivity contribution in [3.8, 4) is 0 Å². The number of rotatable bonds is 4. The Labute approximate surface area is 101 Å². The molecule has 1 saturated carbocycles. The highest BCUT2D eigenvalue weighted by atomic mass is 19.1. The second-order valence-electron chi connectivity index (χ2n) is 4.98. The van der Waals surface area contributed by atoms with Crippen molar-refractivity contribution in [2.24, 2.45) is 5.92 Å². The van der Waals surface area contributed by atoms with E-state index in [1.165, 1.54) is 0 Å². The molecule has 5 heteroatoms. The van der Waals surface area contributed by atoms with Gasteiger partial charge in [0.1, 0.15) is 0 Å². The summed E-state index contributed by atoms with van der Waals surface area (Å²) in [5.74, 6) is -1.00. The molecule has 17 heavy (non-hydrogen) atoms. The van der Waals surface area contributed by atoms with E-state index in [1.807, 2.05) is 0 Å². The van der Waals surface area contributed by atoms with Crippen molar-refractivity contribution in [3.05, 3.63) is 0 Å². The highest BCUT2D eigenvalue weighted by Crippen LogP contribution is 2.28. The zero-order chi connectivity index (χ0) is 12.3. The Morgan fingerprint density at radius 1 is 1.24 bits per heavy atom. The molecule has 2 aliphatic rings. The molecule has 1 aliphatic heterocycles. The SMILES string of the molecule is O=C(O)C1CCC(OC(F)N2CCCC2)CC1. The van der Waals surface area contributed by atoms with Crippen LogP contribution in [0.15, 0.2) is 0 Å². The zero-order valence-corrected chi connectivity index (χ0v) is 9.98. The summed E-state index contributed by atoms with van der Waals surface area (Å²) in [6.45, 7) is 0.237. The van der Waals surface area contributed by atoms with Crippen molar-refractivity contribution in [2.75, 3.05) is 13.1 Å². The van der Waals surface area contributed by atoms with Crippen LogP contribution in [0.5, 0.6) is 0 Å². The fraction of sp³-hybridized carbons (Fsp3) is 0.917. The van der Waals surface area contributed by atoms with Gasteiger partial charge in [0, 0.05) is 13.1 Å². The molecule has 1 atom stereocenters. The molecule has 0 aromatic rings. The molecule has 0 spiro atoms. The molecular weight excluding hydrogens is 225 g/mol. The monoisotopic (exact) mass is 245 g/mol. The van der Waals surface area contributed by atoms with Gasteiger partial charge in [-0.2, -0.15) is 4.39 Å². The molecule has 0 bridgehead atoms. The average molecular weight is 245 g/mol. The fourth-order valence-electron chi connectivity index (χ4n) is 2.64. The van der Waals surface area contributed by atoms with Crippen LogP contribution in [0.25, 0.3) is 0 Å². The molecule has 1 heterocycles. The number of carboxylic acids is 1. The number of likely N-dealkylation sites (tertiary alicyclic amines) is 1. The van der Waals surface area contributed by atoms with Crippen LogP contribution in [0.2, 0.25) is 0 Å². The highest BCUT2D eigenvalue weighted by Gasteiger charge is 2.30. The summed E-state index contributed by atoms with van der Waals surface area (Å²) in [6, 6.07) is 0. The normalized spacial score (nSPS) is 32.5. The number of alkyl halides is 1. The van der Waals surface area contributed by atoms with E-state index in [-0.39, 0.29) is 12.0 Å². The van der Waals surface area contributed by atoms with Crippen LogP contribution in [0, 0.1) is 5.92 Å². The van der Waals surface area contributed by atoms with Gasteiger partial charge in [-0.1, -0.05) is 0 Å². The maximum Gasteiger partial charge on any atom is 0.306 e. The smallest absolute Gasteiger partial charge is 0.306 e. The molecule has 0 aromatic heterocycles. The third-order valence-corrected chi connectivity index (χ3v) is 3.76. The Kier molecular flexibility index (Phi) is 4.34. The van der Waals surface area contributed by atoms with Gasteiger partial charge in [0.25, 0.3) is 6.48 Å². The van der Waals surface area contributed by atoms with Crippen LogP contribution in [0.1, 0.15) is 38.5 Å². The molecule has 0 radical (unpaired) electrons. The molecule has 1 N–H and O–H groups in total. The first-order valence-corrected chi connectivity index (χ1v) is 6.43. The van der Waals surface area contributed by atoms with Crippen molar-refractivity contribution < 1.29 is 19.0 Å². The van der Waals surface area contributed by atoms with Gasteiger partial charge in [0.15, 0.2) is 0 Å². The van der Waals surface area contributed by atoms with Crippen molar-refractivity contribution in [2.45, 2.75) is 51.1 Å². The van der Waals surface area contributed by atoms with Gasteiger partial charge in [-0.15, -0.1) is 0 Å². The minimum absolute atomic E-state index is 0.110. The fourth-order valence-corrected chi connectivity index (χ4v) is 2.64. The van der Waals surface area contributed by atoms with Crippen molar-refractivity contribution in [1.29, 1.82) is 0 Å². The van der Waals surface area contributed by atoms with Gasteiger partial charge in [-0.05, 0) is 38.5 Å². The van der Waals surface area contributed by atoms with Gasteiger partial charge < -0.3 is 9.84 Å². The molecule has 98 valence electrons. The third kappa shape index (κ3) is 3.39. The van der Waals surface area contributed by atoms with Crippen LogP contribution in [-0.4, -0.2) is 41.7 Å². The topological polar surface area (TPSA) is 49.8 Å². The van der Waals surface area contributed by atoms with Crippen molar-refractivity contribution in [3.63, 3.8) is 0 Å². The van der Waals surface area contributed by atoms with Crippen LogP contribution in [-0.2, 0) is 9.53 Å². The molecular formula is C12H20FNO3. The summed E-state index contributed by atoms with van der Waals surface area (Å²) in [4.78, 5) is 12.5. The van der Waals surface area contributed by atoms with Crippen LogP contribution >= 0.6 is 0 Å². The minimum atomic E-state index is -1.30. The number of ether oxygens (including phenoxy) is 1. The first kappa shape index (κ1) is 12.8. The number of nitrogens with zero attached hydrogens (tertiary/aromatic N) is 1. The quantitative estimate of drug-likeness (QED) is 0.770. The third-order valence-electron chi connectivity index (χ3n) is 3.76. The van der Waals surface area contributed by atoms with Crippen molar-refractivity contribution in [1.82, 2.24) is 4.90 Å². The summed E-state index contributed by atoms with van der Waals surface area (Å²) >= 11 is 0. The Balaban J connectivity index is 1.72. The molecule has 2 fully saturated rings. The average Bonchev–Trinajstić information content (AvgIpc) is 2.83. The largest absolute Gasteiger partial charge is 0.481 e. The Hall–Kier alpha value is -0.680. The lowest BCUT2D eigenvalue weighted by Crippen LogP contribution is -2.36. The standard InChI is InChI=1S/C12H20FNO3/c13-12(14-7-1-2-8-14)17-10-5-3-9(4-6-10)11(15)16/h9-10,12H,1-8H2,(H,15,16).